The molecule has 0 saturated heterocycles. The molecular formula is C7H14ClNO2S. The van der Waals surface area contributed by atoms with E-state index in [-0.39, 0.29) is 5.41 Å². The van der Waals surface area contributed by atoms with Crippen LogP contribution in [0, 0.1) is 5.41 Å². The Morgan fingerprint density at radius 1 is 1.42 bits per heavy atom. The zero-order valence-electron chi connectivity index (χ0n) is 7.14. The lowest BCUT2D eigenvalue weighted by molar-refractivity contribution is 0.337. The van der Waals surface area contributed by atoms with Crippen molar-refractivity contribution >= 4 is 19.9 Å². The number of halogens is 1. The average Bonchev–Trinajstić information content (AvgIpc) is 2.32. The van der Waals surface area contributed by atoms with Crippen LogP contribution in [0.4, 0.5) is 0 Å². The van der Waals surface area contributed by atoms with E-state index < -0.39 is 9.24 Å². The third-order valence-corrected chi connectivity index (χ3v) is 3.30. The van der Waals surface area contributed by atoms with E-state index in [0.717, 1.165) is 12.8 Å². The Morgan fingerprint density at radius 3 is 2.33 bits per heavy atom. The molecule has 12 heavy (non-hydrogen) atoms. The Morgan fingerprint density at radius 2 is 1.92 bits per heavy atom. The van der Waals surface area contributed by atoms with Crippen molar-refractivity contribution in [3.8, 4) is 0 Å². The molecular weight excluding hydrogens is 198 g/mol. The average molecular weight is 212 g/mol. The van der Waals surface area contributed by atoms with Crippen LogP contribution in [0.5, 0.6) is 0 Å². The van der Waals surface area contributed by atoms with E-state index in [1.807, 2.05) is 0 Å². The second-order valence-corrected chi connectivity index (χ2v) is 6.16. The lowest BCUT2D eigenvalue weighted by Gasteiger charge is -2.22. The molecule has 1 N–H and O–H groups in total. The van der Waals surface area contributed by atoms with Crippen molar-refractivity contribution < 1.29 is 8.42 Å². The van der Waals surface area contributed by atoms with Gasteiger partial charge in [-0.3, -0.25) is 0 Å². The summed E-state index contributed by atoms with van der Waals surface area (Å²) in [7, 11) is 1.51. The van der Waals surface area contributed by atoms with Crippen molar-refractivity contribution in [3.63, 3.8) is 0 Å². The predicted molar refractivity (Wildman–Crippen MR) is 49.4 cm³/mol. The molecule has 1 fully saturated rings. The Hall–Kier alpha value is 0.200. The van der Waals surface area contributed by atoms with E-state index in [1.165, 1.54) is 12.8 Å². The molecule has 0 aliphatic heterocycles. The first kappa shape index (κ1) is 10.3. The monoisotopic (exact) mass is 211 g/mol. The molecule has 1 aliphatic rings. The summed E-state index contributed by atoms with van der Waals surface area (Å²) in [5.74, 6) is 0. The van der Waals surface area contributed by atoms with Gasteiger partial charge in [-0.25, -0.2) is 4.72 Å². The van der Waals surface area contributed by atoms with Crippen LogP contribution in [-0.2, 0) is 9.24 Å². The van der Waals surface area contributed by atoms with Crippen LogP contribution >= 0.6 is 10.7 Å². The van der Waals surface area contributed by atoms with E-state index in [1.54, 1.807) is 0 Å². The third-order valence-electron chi connectivity index (χ3n) is 2.48. The van der Waals surface area contributed by atoms with Gasteiger partial charge >= 0.3 is 0 Å². The van der Waals surface area contributed by atoms with Crippen molar-refractivity contribution in [3.05, 3.63) is 0 Å². The molecule has 1 saturated carbocycles. The maximum Gasteiger partial charge on any atom is 0.297 e. The quantitative estimate of drug-likeness (QED) is 0.722. The van der Waals surface area contributed by atoms with Crippen LogP contribution in [-0.4, -0.2) is 15.0 Å². The van der Waals surface area contributed by atoms with Gasteiger partial charge < -0.3 is 0 Å². The summed E-state index contributed by atoms with van der Waals surface area (Å²) < 4.78 is 23.5. The van der Waals surface area contributed by atoms with Crippen LogP contribution < -0.4 is 4.72 Å². The van der Waals surface area contributed by atoms with Gasteiger partial charge in [0.05, 0.1) is 0 Å². The van der Waals surface area contributed by atoms with Crippen molar-refractivity contribution in [2.24, 2.45) is 5.41 Å². The first-order valence-electron chi connectivity index (χ1n) is 4.11. The first-order valence-corrected chi connectivity index (χ1v) is 6.42. The highest BCUT2D eigenvalue weighted by Gasteiger charge is 2.29. The van der Waals surface area contributed by atoms with Gasteiger partial charge in [-0.05, 0) is 18.3 Å². The molecule has 0 aromatic carbocycles. The van der Waals surface area contributed by atoms with Gasteiger partial charge in [0.25, 0.3) is 9.24 Å². The minimum absolute atomic E-state index is 0.127. The summed E-state index contributed by atoms with van der Waals surface area (Å²) in [5, 5.41) is 0. The van der Waals surface area contributed by atoms with Crippen LogP contribution in [0.25, 0.3) is 0 Å². The normalized spacial score (nSPS) is 22.8. The molecule has 0 radical (unpaired) electrons. The predicted octanol–water partition coefficient (Wildman–Crippen LogP) is 1.64. The Labute approximate surface area is 78.0 Å². The van der Waals surface area contributed by atoms with Crippen LogP contribution in [0.1, 0.15) is 32.6 Å². The van der Waals surface area contributed by atoms with Gasteiger partial charge in [0, 0.05) is 17.2 Å². The third kappa shape index (κ3) is 3.29. The standard InChI is InChI=1S/C7H14ClNO2S/c1-7(4-2-3-5-7)6-9-12(8,10)11/h9H,2-6H2,1H3. The molecule has 0 bridgehead atoms. The highest BCUT2D eigenvalue weighted by atomic mass is 35.7. The van der Waals surface area contributed by atoms with E-state index in [9.17, 15) is 8.42 Å². The SMILES string of the molecule is CC1(CNS(=O)(=O)Cl)CCCC1. The van der Waals surface area contributed by atoms with Gasteiger partial charge in [-0.2, -0.15) is 8.42 Å². The highest BCUT2D eigenvalue weighted by molar-refractivity contribution is 8.12. The fraction of sp³-hybridized carbons (Fsp3) is 1.00. The smallest absolute Gasteiger partial charge is 0.201 e. The molecule has 5 heteroatoms. The maximum atomic E-state index is 10.6. The second kappa shape index (κ2) is 3.52. The minimum Gasteiger partial charge on any atom is -0.201 e. The highest BCUT2D eigenvalue weighted by Crippen LogP contribution is 2.36. The van der Waals surface area contributed by atoms with Crippen LogP contribution in [0.15, 0.2) is 0 Å². The van der Waals surface area contributed by atoms with E-state index >= 15 is 0 Å². The molecule has 3 nitrogen and oxygen atoms in total. The van der Waals surface area contributed by atoms with Gasteiger partial charge in [-0.1, -0.05) is 19.8 Å². The summed E-state index contributed by atoms with van der Waals surface area (Å²) >= 11 is 0. The first-order chi connectivity index (χ1) is 5.41. The minimum atomic E-state index is -3.53. The van der Waals surface area contributed by atoms with Gasteiger partial charge in [0.1, 0.15) is 0 Å². The topological polar surface area (TPSA) is 46.2 Å². The lowest BCUT2D eigenvalue weighted by atomic mass is 9.89. The Balaban J connectivity index is 2.41. The number of rotatable bonds is 3. The van der Waals surface area contributed by atoms with E-state index in [0.29, 0.717) is 6.54 Å². The molecule has 0 amide bonds. The van der Waals surface area contributed by atoms with E-state index in [2.05, 4.69) is 11.6 Å². The molecule has 0 unspecified atom stereocenters. The van der Waals surface area contributed by atoms with Crippen molar-refractivity contribution in [1.29, 1.82) is 0 Å². The fourth-order valence-corrected chi connectivity index (χ4v) is 2.35. The number of hydrogen-bond acceptors (Lipinski definition) is 2. The maximum absolute atomic E-state index is 10.6. The summed E-state index contributed by atoms with van der Waals surface area (Å²) in [5.41, 5.74) is 0.127. The van der Waals surface area contributed by atoms with Crippen LogP contribution in [0.2, 0.25) is 0 Å². The summed E-state index contributed by atoms with van der Waals surface area (Å²) in [4.78, 5) is 0. The molecule has 0 aromatic rings. The number of hydrogen-bond donors (Lipinski definition) is 1. The van der Waals surface area contributed by atoms with Crippen molar-refractivity contribution in [1.82, 2.24) is 4.72 Å². The van der Waals surface area contributed by atoms with Gasteiger partial charge in [0.2, 0.25) is 0 Å². The van der Waals surface area contributed by atoms with Crippen LogP contribution in [0.3, 0.4) is 0 Å². The molecule has 1 rings (SSSR count). The summed E-state index contributed by atoms with van der Waals surface area (Å²) in [6.45, 7) is 2.56. The second-order valence-electron chi connectivity index (χ2n) is 3.78. The van der Waals surface area contributed by atoms with Gasteiger partial charge in [0.15, 0.2) is 0 Å². The van der Waals surface area contributed by atoms with Crippen molar-refractivity contribution in [2.45, 2.75) is 32.6 Å². The zero-order valence-corrected chi connectivity index (χ0v) is 8.71. The lowest BCUT2D eigenvalue weighted by Crippen LogP contribution is -2.31. The largest absolute Gasteiger partial charge is 0.297 e. The summed E-state index contributed by atoms with van der Waals surface area (Å²) in [6.07, 6.45) is 4.57. The summed E-state index contributed by atoms with van der Waals surface area (Å²) in [6, 6.07) is 0. The molecule has 0 atom stereocenters. The number of nitrogens with one attached hydrogen (secondary N) is 1. The van der Waals surface area contributed by atoms with Crippen molar-refractivity contribution in [2.75, 3.05) is 6.54 Å². The molecule has 0 aromatic heterocycles. The molecule has 72 valence electrons. The fourth-order valence-electron chi connectivity index (χ4n) is 1.67. The zero-order chi connectivity index (χ0) is 9.24. The molecule has 1 aliphatic carbocycles. The van der Waals surface area contributed by atoms with Gasteiger partial charge in [-0.15, -0.1) is 0 Å². The molecule has 0 spiro atoms. The Bertz CT molecular complexity index is 244. The van der Waals surface area contributed by atoms with E-state index in [4.69, 9.17) is 10.7 Å². The Kier molecular flexibility index (Phi) is 3.01. The molecule has 0 heterocycles.